The molecule has 10 heteroatoms. The number of rotatable bonds is 5. The second-order valence-electron chi connectivity index (χ2n) is 6.43. The molecule has 1 aromatic carbocycles. The van der Waals surface area contributed by atoms with Crippen molar-refractivity contribution in [2.75, 3.05) is 26.7 Å². The number of hydrogen-bond donors (Lipinski definition) is 0. The molecule has 1 saturated heterocycles. The summed E-state index contributed by atoms with van der Waals surface area (Å²) in [5.74, 6) is -1.69. The van der Waals surface area contributed by atoms with Gasteiger partial charge in [0.15, 0.2) is 0 Å². The normalized spacial score (nSPS) is 16.3. The fourth-order valence-corrected chi connectivity index (χ4v) is 3.29. The highest BCUT2D eigenvalue weighted by Crippen LogP contribution is 2.29. The lowest BCUT2D eigenvalue weighted by molar-refractivity contribution is -0.159. The third kappa shape index (κ3) is 4.33. The third-order valence-electron chi connectivity index (χ3n) is 4.78. The van der Waals surface area contributed by atoms with Gasteiger partial charge in [0.1, 0.15) is 0 Å². The number of carbonyl (C=O) groups excluding carboxylic acids is 1. The Bertz CT molecular complexity index is 799. The smallest absolute Gasteiger partial charge is 0.336 e. The first-order valence-electron chi connectivity index (χ1n) is 8.94. The summed E-state index contributed by atoms with van der Waals surface area (Å²) in [7, 11) is 1.63. The molecule has 1 aliphatic heterocycles. The van der Waals surface area contributed by atoms with E-state index in [1.807, 2.05) is 16.9 Å². The Labute approximate surface area is 160 Å². The van der Waals surface area contributed by atoms with Crippen LogP contribution in [0.25, 0.3) is 11.4 Å². The summed E-state index contributed by atoms with van der Waals surface area (Å²) in [5, 5.41) is 5.21. The molecule has 0 atom stereocenters. The Morgan fingerprint density at radius 2 is 1.93 bits per heavy atom. The highest BCUT2D eigenvalue weighted by atomic mass is 19.4. The van der Waals surface area contributed by atoms with E-state index in [4.69, 9.17) is 4.84 Å². The summed E-state index contributed by atoms with van der Waals surface area (Å²) in [5.41, 5.74) is 0.798. The molecule has 2 heterocycles. The van der Waals surface area contributed by atoms with Gasteiger partial charge in [-0.3, -0.25) is 4.79 Å². The SMILES string of the molecule is CCN(C(=O)c1ccc(-c2noc(C(F)(F)F)n2)cc1)C1CCN(OC)CC1. The van der Waals surface area contributed by atoms with Crippen molar-refractivity contribution in [1.29, 1.82) is 0 Å². The van der Waals surface area contributed by atoms with Gasteiger partial charge in [-0.15, -0.1) is 0 Å². The maximum absolute atomic E-state index is 12.9. The van der Waals surface area contributed by atoms with Crippen LogP contribution >= 0.6 is 0 Å². The summed E-state index contributed by atoms with van der Waals surface area (Å²) in [6.45, 7) is 4.00. The van der Waals surface area contributed by atoms with Gasteiger partial charge in [0.05, 0.1) is 7.11 Å². The zero-order valence-corrected chi connectivity index (χ0v) is 15.6. The van der Waals surface area contributed by atoms with Crippen molar-refractivity contribution in [2.45, 2.75) is 32.0 Å². The van der Waals surface area contributed by atoms with E-state index < -0.39 is 12.1 Å². The molecule has 1 fully saturated rings. The molecule has 1 aliphatic rings. The van der Waals surface area contributed by atoms with Gasteiger partial charge in [-0.05, 0) is 31.9 Å². The molecular formula is C18H21F3N4O3. The molecule has 2 aromatic rings. The largest absolute Gasteiger partial charge is 0.471 e. The highest BCUT2D eigenvalue weighted by Gasteiger charge is 2.38. The van der Waals surface area contributed by atoms with Crippen molar-refractivity contribution < 1.29 is 27.3 Å². The number of hydroxylamine groups is 2. The molecule has 152 valence electrons. The number of hydrogen-bond acceptors (Lipinski definition) is 6. The van der Waals surface area contributed by atoms with Crippen LogP contribution in [0.1, 0.15) is 36.0 Å². The molecule has 0 aliphatic carbocycles. The maximum Gasteiger partial charge on any atom is 0.471 e. The minimum Gasteiger partial charge on any atom is -0.336 e. The number of halogens is 3. The van der Waals surface area contributed by atoms with Gasteiger partial charge in [0.25, 0.3) is 5.91 Å². The van der Waals surface area contributed by atoms with Gasteiger partial charge >= 0.3 is 12.1 Å². The first-order valence-corrected chi connectivity index (χ1v) is 8.94. The lowest BCUT2D eigenvalue weighted by Gasteiger charge is -2.37. The summed E-state index contributed by atoms with van der Waals surface area (Å²) in [6, 6.07) is 6.27. The van der Waals surface area contributed by atoms with E-state index in [-0.39, 0.29) is 17.8 Å². The Morgan fingerprint density at radius 3 is 2.43 bits per heavy atom. The first kappa shape index (κ1) is 20.3. The molecule has 3 rings (SSSR count). The molecular weight excluding hydrogens is 377 g/mol. The van der Waals surface area contributed by atoms with Crippen LogP contribution in [0, 0.1) is 0 Å². The number of benzene rings is 1. The van der Waals surface area contributed by atoms with Crippen LogP contribution in [0.2, 0.25) is 0 Å². The number of aromatic nitrogens is 2. The van der Waals surface area contributed by atoms with E-state index >= 15 is 0 Å². The molecule has 0 saturated carbocycles. The van der Waals surface area contributed by atoms with Crippen LogP contribution in [0.3, 0.4) is 0 Å². The molecule has 0 radical (unpaired) electrons. The molecule has 28 heavy (non-hydrogen) atoms. The lowest BCUT2D eigenvalue weighted by atomic mass is 10.0. The maximum atomic E-state index is 12.9. The molecule has 0 unspecified atom stereocenters. The minimum atomic E-state index is -4.69. The predicted octanol–water partition coefficient (Wildman–Crippen LogP) is 3.24. The molecule has 1 amide bonds. The van der Waals surface area contributed by atoms with E-state index in [9.17, 15) is 18.0 Å². The van der Waals surface area contributed by atoms with E-state index in [1.165, 1.54) is 12.1 Å². The fourth-order valence-electron chi connectivity index (χ4n) is 3.29. The van der Waals surface area contributed by atoms with Crippen molar-refractivity contribution in [3.05, 3.63) is 35.7 Å². The summed E-state index contributed by atoms with van der Waals surface area (Å²) < 4.78 is 42.0. The van der Waals surface area contributed by atoms with Crippen LogP contribution in [0.4, 0.5) is 13.2 Å². The summed E-state index contributed by atoms with van der Waals surface area (Å²) >= 11 is 0. The highest BCUT2D eigenvalue weighted by molar-refractivity contribution is 5.94. The fraction of sp³-hybridized carbons (Fsp3) is 0.500. The zero-order chi connectivity index (χ0) is 20.3. The molecule has 1 aromatic heterocycles. The topological polar surface area (TPSA) is 71.7 Å². The number of nitrogens with zero attached hydrogens (tertiary/aromatic N) is 4. The molecule has 0 bridgehead atoms. The van der Waals surface area contributed by atoms with Crippen LogP contribution < -0.4 is 0 Å². The number of carbonyl (C=O) groups is 1. The van der Waals surface area contributed by atoms with Crippen molar-refractivity contribution in [1.82, 2.24) is 20.1 Å². The average molecular weight is 398 g/mol. The standard InChI is InChI=1S/C18H21F3N4O3/c1-3-25(14-8-10-24(27-2)11-9-14)16(26)13-6-4-12(5-7-13)15-22-17(28-23-15)18(19,20)21/h4-7,14H,3,8-11H2,1-2H3. The number of piperidine rings is 1. The number of alkyl halides is 3. The Kier molecular flexibility index (Phi) is 5.99. The van der Waals surface area contributed by atoms with Crippen LogP contribution in [0.5, 0.6) is 0 Å². The van der Waals surface area contributed by atoms with Crippen LogP contribution in [-0.2, 0) is 11.0 Å². The average Bonchev–Trinajstić information content (AvgIpc) is 3.20. The first-order chi connectivity index (χ1) is 13.3. The number of amides is 1. The van der Waals surface area contributed by atoms with E-state index in [2.05, 4.69) is 14.7 Å². The molecule has 7 nitrogen and oxygen atoms in total. The van der Waals surface area contributed by atoms with E-state index in [0.717, 1.165) is 25.9 Å². The van der Waals surface area contributed by atoms with Gasteiger partial charge in [-0.25, -0.2) is 0 Å². The van der Waals surface area contributed by atoms with Gasteiger partial charge in [0, 0.05) is 36.8 Å². The second kappa shape index (κ2) is 8.27. The monoisotopic (exact) mass is 398 g/mol. The van der Waals surface area contributed by atoms with E-state index in [1.54, 1.807) is 19.2 Å². The quantitative estimate of drug-likeness (QED) is 0.770. The van der Waals surface area contributed by atoms with Gasteiger partial charge in [-0.1, -0.05) is 17.3 Å². The predicted molar refractivity (Wildman–Crippen MR) is 93.1 cm³/mol. The van der Waals surface area contributed by atoms with Crippen molar-refractivity contribution >= 4 is 5.91 Å². The molecule has 0 N–H and O–H groups in total. The van der Waals surface area contributed by atoms with Gasteiger partial charge in [0.2, 0.25) is 5.82 Å². The summed E-state index contributed by atoms with van der Waals surface area (Å²) in [6.07, 6.45) is -3.07. The Hall–Kier alpha value is -2.46. The third-order valence-corrected chi connectivity index (χ3v) is 4.78. The van der Waals surface area contributed by atoms with Crippen molar-refractivity contribution in [3.8, 4) is 11.4 Å². The zero-order valence-electron chi connectivity index (χ0n) is 15.6. The second-order valence-corrected chi connectivity index (χ2v) is 6.43. The lowest BCUT2D eigenvalue weighted by Crippen LogP contribution is -2.47. The van der Waals surface area contributed by atoms with E-state index in [0.29, 0.717) is 17.7 Å². The summed E-state index contributed by atoms with van der Waals surface area (Å²) in [4.78, 5) is 23.3. The van der Waals surface area contributed by atoms with Gasteiger partial charge in [-0.2, -0.15) is 23.2 Å². The molecule has 0 spiro atoms. The Morgan fingerprint density at radius 1 is 1.29 bits per heavy atom. The van der Waals surface area contributed by atoms with Crippen LogP contribution in [-0.4, -0.2) is 58.8 Å². The minimum absolute atomic E-state index is 0.117. The Balaban J connectivity index is 1.71. The van der Waals surface area contributed by atoms with Gasteiger partial charge < -0.3 is 14.3 Å². The van der Waals surface area contributed by atoms with Crippen LogP contribution in [0.15, 0.2) is 28.8 Å². The van der Waals surface area contributed by atoms with Crippen molar-refractivity contribution in [2.24, 2.45) is 0 Å². The van der Waals surface area contributed by atoms with Crippen molar-refractivity contribution in [3.63, 3.8) is 0 Å².